The van der Waals surface area contributed by atoms with Gasteiger partial charge in [0.2, 0.25) is 0 Å². The first-order valence-corrected chi connectivity index (χ1v) is 7.37. The second-order valence-electron chi connectivity index (χ2n) is 5.58. The number of carbonyl (C=O) groups excluding carboxylic acids is 2. The van der Waals surface area contributed by atoms with Crippen molar-refractivity contribution in [1.29, 1.82) is 0 Å². The summed E-state index contributed by atoms with van der Waals surface area (Å²) < 4.78 is 5.39. The lowest BCUT2D eigenvalue weighted by Crippen LogP contribution is -2.39. The van der Waals surface area contributed by atoms with Crippen LogP contribution in [0.15, 0.2) is 24.3 Å². The van der Waals surface area contributed by atoms with Crippen LogP contribution in [0.4, 0.5) is 5.69 Å². The van der Waals surface area contributed by atoms with E-state index in [9.17, 15) is 9.59 Å². The van der Waals surface area contributed by atoms with Gasteiger partial charge in [-0.25, -0.2) is 0 Å². The summed E-state index contributed by atoms with van der Waals surface area (Å²) in [5, 5.41) is 5.19. The number of nitrogens with one attached hydrogen (secondary N) is 2. The Labute approximate surface area is 125 Å². The number of benzene rings is 1. The molecule has 1 atom stereocenters. The zero-order chi connectivity index (χ0) is 15.2. The molecule has 1 fully saturated rings. The standard InChI is InChI=1S/C16H22N2O3/c1-11(2)12-5-7-13(8-6-12)18-16(20)15(19)17-10-14-4-3-9-21-14/h5-8,11,14H,3-4,9-10H2,1-2H3,(H,17,19)(H,18,20)/t14-/m1/s1. The van der Waals surface area contributed by atoms with Gasteiger partial charge in [0.05, 0.1) is 6.10 Å². The van der Waals surface area contributed by atoms with Crippen molar-refractivity contribution in [3.05, 3.63) is 29.8 Å². The Balaban J connectivity index is 1.80. The van der Waals surface area contributed by atoms with Gasteiger partial charge in [0.25, 0.3) is 0 Å². The van der Waals surface area contributed by atoms with Crippen LogP contribution in [0.5, 0.6) is 0 Å². The minimum Gasteiger partial charge on any atom is -0.376 e. The van der Waals surface area contributed by atoms with Crippen LogP contribution in [0.2, 0.25) is 0 Å². The highest BCUT2D eigenvalue weighted by Crippen LogP contribution is 2.17. The molecule has 2 rings (SSSR count). The predicted octanol–water partition coefficient (Wildman–Crippen LogP) is 2.04. The van der Waals surface area contributed by atoms with Crippen molar-refractivity contribution in [2.24, 2.45) is 0 Å². The van der Waals surface area contributed by atoms with E-state index in [1.54, 1.807) is 12.1 Å². The van der Waals surface area contributed by atoms with E-state index in [2.05, 4.69) is 24.5 Å². The number of rotatable bonds is 4. The monoisotopic (exact) mass is 290 g/mol. The van der Waals surface area contributed by atoms with Crippen molar-refractivity contribution in [1.82, 2.24) is 5.32 Å². The molecule has 114 valence electrons. The minimum atomic E-state index is -0.648. The quantitative estimate of drug-likeness (QED) is 0.834. The molecule has 0 spiro atoms. The van der Waals surface area contributed by atoms with Gasteiger partial charge in [0.1, 0.15) is 0 Å². The summed E-state index contributed by atoms with van der Waals surface area (Å²) in [5.74, 6) is -0.840. The molecule has 0 aliphatic carbocycles. The van der Waals surface area contributed by atoms with Crippen LogP contribution in [0.3, 0.4) is 0 Å². The zero-order valence-electron chi connectivity index (χ0n) is 12.5. The Bertz CT molecular complexity index is 491. The molecule has 1 aliphatic rings. The van der Waals surface area contributed by atoms with Gasteiger partial charge in [-0.05, 0) is 36.5 Å². The summed E-state index contributed by atoms with van der Waals surface area (Å²) >= 11 is 0. The molecule has 21 heavy (non-hydrogen) atoms. The van der Waals surface area contributed by atoms with E-state index in [0.29, 0.717) is 18.2 Å². The number of carbonyl (C=O) groups is 2. The molecule has 1 aromatic rings. The van der Waals surface area contributed by atoms with Crippen molar-refractivity contribution in [3.8, 4) is 0 Å². The molecule has 0 radical (unpaired) electrons. The van der Waals surface area contributed by atoms with Gasteiger partial charge in [-0.1, -0.05) is 26.0 Å². The maximum atomic E-state index is 11.8. The first-order chi connectivity index (χ1) is 10.1. The SMILES string of the molecule is CC(C)c1ccc(NC(=O)C(=O)NC[C@H]2CCCO2)cc1. The third-order valence-corrected chi connectivity index (χ3v) is 3.56. The van der Waals surface area contributed by atoms with Crippen molar-refractivity contribution in [2.45, 2.75) is 38.7 Å². The molecule has 0 saturated carbocycles. The van der Waals surface area contributed by atoms with Crippen molar-refractivity contribution in [2.75, 3.05) is 18.5 Å². The van der Waals surface area contributed by atoms with Crippen molar-refractivity contribution >= 4 is 17.5 Å². The molecule has 1 aliphatic heterocycles. The van der Waals surface area contributed by atoms with E-state index in [-0.39, 0.29) is 6.10 Å². The number of amides is 2. The van der Waals surface area contributed by atoms with Crippen LogP contribution in [-0.4, -0.2) is 31.1 Å². The fourth-order valence-electron chi connectivity index (χ4n) is 2.23. The lowest BCUT2D eigenvalue weighted by molar-refractivity contribution is -0.136. The average Bonchev–Trinajstić information content (AvgIpc) is 2.98. The molecule has 1 heterocycles. The maximum Gasteiger partial charge on any atom is 0.313 e. The lowest BCUT2D eigenvalue weighted by atomic mass is 10.0. The second-order valence-corrected chi connectivity index (χ2v) is 5.58. The zero-order valence-corrected chi connectivity index (χ0v) is 12.5. The van der Waals surface area contributed by atoms with E-state index in [4.69, 9.17) is 4.74 Å². The van der Waals surface area contributed by atoms with Gasteiger partial charge in [-0.3, -0.25) is 9.59 Å². The highest BCUT2D eigenvalue weighted by atomic mass is 16.5. The molecular formula is C16H22N2O3. The number of hydrogen-bond donors (Lipinski definition) is 2. The van der Waals surface area contributed by atoms with Gasteiger partial charge in [0.15, 0.2) is 0 Å². The number of anilines is 1. The molecule has 5 heteroatoms. The predicted molar refractivity (Wildman–Crippen MR) is 81.1 cm³/mol. The summed E-state index contributed by atoms with van der Waals surface area (Å²) in [6.45, 7) is 5.33. The van der Waals surface area contributed by atoms with Crippen LogP contribution >= 0.6 is 0 Å². The molecule has 2 N–H and O–H groups in total. The Morgan fingerprint density at radius 1 is 1.24 bits per heavy atom. The third kappa shape index (κ3) is 4.56. The van der Waals surface area contributed by atoms with Gasteiger partial charge in [0, 0.05) is 18.8 Å². The number of hydrogen-bond acceptors (Lipinski definition) is 3. The van der Waals surface area contributed by atoms with E-state index < -0.39 is 11.8 Å². The fraction of sp³-hybridized carbons (Fsp3) is 0.500. The van der Waals surface area contributed by atoms with E-state index in [0.717, 1.165) is 19.4 Å². The molecular weight excluding hydrogens is 268 g/mol. The van der Waals surface area contributed by atoms with Crippen LogP contribution in [0, 0.1) is 0 Å². The molecule has 1 aromatic carbocycles. The fourth-order valence-corrected chi connectivity index (χ4v) is 2.23. The average molecular weight is 290 g/mol. The molecule has 0 unspecified atom stereocenters. The highest BCUT2D eigenvalue weighted by molar-refractivity contribution is 6.39. The molecule has 2 amide bonds. The van der Waals surface area contributed by atoms with Gasteiger partial charge in [-0.2, -0.15) is 0 Å². The van der Waals surface area contributed by atoms with Crippen molar-refractivity contribution < 1.29 is 14.3 Å². The molecule has 1 saturated heterocycles. The maximum absolute atomic E-state index is 11.8. The smallest absolute Gasteiger partial charge is 0.313 e. The van der Waals surface area contributed by atoms with Crippen LogP contribution < -0.4 is 10.6 Å². The Kier molecular flexibility index (Phi) is 5.33. The van der Waals surface area contributed by atoms with Gasteiger partial charge >= 0.3 is 11.8 Å². The van der Waals surface area contributed by atoms with E-state index in [1.165, 1.54) is 5.56 Å². The van der Waals surface area contributed by atoms with E-state index >= 15 is 0 Å². The third-order valence-electron chi connectivity index (χ3n) is 3.56. The van der Waals surface area contributed by atoms with Crippen LogP contribution in [0.25, 0.3) is 0 Å². The normalized spacial score (nSPS) is 17.8. The highest BCUT2D eigenvalue weighted by Gasteiger charge is 2.19. The molecule has 0 bridgehead atoms. The topological polar surface area (TPSA) is 67.4 Å². The largest absolute Gasteiger partial charge is 0.376 e. The first-order valence-electron chi connectivity index (χ1n) is 7.37. The Morgan fingerprint density at radius 2 is 1.95 bits per heavy atom. The molecule has 5 nitrogen and oxygen atoms in total. The first kappa shape index (κ1) is 15.5. The molecule has 0 aromatic heterocycles. The summed E-state index contributed by atoms with van der Waals surface area (Å²) in [4.78, 5) is 23.5. The van der Waals surface area contributed by atoms with E-state index in [1.807, 2.05) is 12.1 Å². The van der Waals surface area contributed by atoms with Crippen molar-refractivity contribution in [3.63, 3.8) is 0 Å². The van der Waals surface area contributed by atoms with Crippen LogP contribution in [-0.2, 0) is 14.3 Å². The Hall–Kier alpha value is -1.88. The van der Waals surface area contributed by atoms with Gasteiger partial charge < -0.3 is 15.4 Å². The summed E-state index contributed by atoms with van der Waals surface area (Å²) in [5.41, 5.74) is 1.81. The number of ether oxygens (including phenoxy) is 1. The minimum absolute atomic E-state index is 0.0343. The summed E-state index contributed by atoms with van der Waals surface area (Å²) in [6.07, 6.45) is 1.97. The summed E-state index contributed by atoms with van der Waals surface area (Å²) in [6, 6.07) is 7.51. The Morgan fingerprint density at radius 3 is 2.52 bits per heavy atom. The lowest BCUT2D eigenvalue weighted by Gasteiger charge is -2.11. The van der Waals surface area contributed by atoms with Gasteiger partial charge in [-0.15, -0.1) is 0 Å². The summed E-state index contributed by atoms with van der Waals surface area (Å²) in [7, 11) is 0. The second kappa shape index (κ2) is 7.22. The van der Waals surface area contributed by atoms with Crippen LogP contribution in [0.1, 0.15) is 38.2 Å².